The predicted octanol–water partition coefficient (Wildman–Crippen LogP) is 4.55. The minimum Gasteiger partial charge on any atom is -0.435 e. The lowest BCUT2D eigenvalue weighted by Crippen LogP contribution is -2.07. The molecule has 4 nitrogen and oxygen atoms in total. The van der Waals surface area contributed by atoms with Gasteiger partial charge in [0.1, 0.15) is 12.1 Å². The Bertz CT molecular complexity index is 622. The summed E-state index contributed by atoms with van der Waals surface area (Å²) in [5.41, 5.74) is 0.841. The number of halogens is 2. The summed E-state index contributed by atoms with van der Waals surface area (Å²) < 4.78 is 20.1. The third-order valence-corrected chi connectivity index (χ3v) is 3.40. The van der Waals surface area contributed by atoms with Crippen molar-refractivity contribution < 1.29 is 9.13 Å². The van der Waals surface area contributed by atoms with Crippen molar-refractivity contribution in [2.45, 2.75) is 26.7 Å². The van der Waals surface area contributed by atoms with E-state index in [1.807, 2.05) is 6.92 Å². The molecule has 0 saturated heterocycles. The van der Waals surface area contributed by atoms with Crippen molar-refractivity contribution in [3.63, 3.8) is 0 Å². The maximum Gasteiger partial charge on any atom is 0.227 e. The van der Waals surface area contributed by atoms with Crippen molar-refractivity contribution in [3.8, 4) is 11.6 Å². The van der Waals surface area contributed by atoms with Crippen molar-refractivity contribution in [1.82, 2.24) is 9.97 Å². The van der Waals surface area contributed by atoms with Gasteiger partial charge in [0.05, 0.1) is 5.56 Å². The summed E-state index contributed by atoms with van der Waals surface area (Å²) >= 11 is 3.22. The highest BCUT2D eigenvalue weighted by Gasteiger charge is 2.13. The minimum atomic E-state index is -0.437. The highest BCUT2D eigenvalue weighted by atomic mass is 79.9. The van der Waals surface area contributed by atoms with Gasteiger partial charge in [-0.25, -0.2) is 14.4 Å². The van der Waals surface area contributed by atoms with Gasteiger partial charge < -0.3 is 10.1 Å². The van der Waals surface area contributed by atoms with Crippen LogP contribution in [0.2, 0.25) is 0 Å². The maximum absolute atomic E-state index is 13.9. The summed E-state index contributed by atoms with van der Waals surface area (Å²) in [7, 11) is 0. The van der Waals surface area contributed by atoms with Crippen LogP contribution in [-0.2, 0) is 6.42 Å². The lowest BCUT2D eigenvalue weighted by atomic mass is 10.2. The molecule has 0 aliphatic carbocycles. The first-order chi connectivity index (χ1) is 10.2. The molecule has 1 N–H and O–H groups in total. The molecule has 112 valence electrons. The van der Waals surface area contributed by atoms with Crippen LogP contribution in [0.25, 0.3) is 0 Å². The van der Waals surface area contributed by atoms with Gasteiger partial charge >= 0.3 is 0 Å². The van der Waals surface area contributed by atoms with Crippen molar-refractivity contribution >= 4 is 21.7 Å². The molecule has 0 atom stereocenters. The number of benzene rings is 1. The first-order valence-electron chi connectivity index (χ1n) is 6.86. The smallest absolute Gasteiger partial charge is 0.227 e. The average Bonchev–Trinajstić information content (AvgIpc) is 2.48. The molecule has 0 saturated carbocycles. The second-order valence-corrected chi connectivity index (χ2v) is 5.38. The van der Waals surface area contributed by atoms with E-state index in [1.165, 1.54) is 12.4 Å². The molecule has 21 heavy (non-hydrogen) atoms. The number of nitrogens with one attached hydrogen (secondary N) is 1. The summed E-state index contributed by atoms with van der Waals surface area (Å²) in [5.74, 6) is 0.829. The van der Waals surface area contributed by atoms with Gasteiger partial charge in [-0.15, -0.1) is 0 Å². The Morgan fingerprint density at radius 2 is 2.10 bits per heavy atom. The monoisotopic (exact) mass is 353 g/mol. The van der Waals surface area contributed by atoms with Crippen LogP contribution in [0.3, 0.4) is 0 Å². The van der Waals surface area contributed by atoms with E-state index in [4.69, 9.17) is 4.74 Å². The molecular weight excluding hydrogens is 337 g/mol. The largest absolute Gasteiger partial charge is 0.435 e. The molecule has 1 aromatic heterocycles. The predicted molar refractivity (Wildman–Crippen MR) is 84.4 cm³/mol. The number of nitrogens with zero attached hydrogens (tertiary/aromatic N) is 2. The van der Waals surface area contributed by atoms with E-state index in [-0.39, 0.29) is 5.75 Å². The van der Waals surface area contributed by atoms with Crippen LogP contribution in [-0.4, -0.2) is 16.5 Å². The summed E-state index contributed by atoms with van der Waals surface area (Å²) in [6, 6.07) is 4.65. The molecule has 1 heterocycles. The fraction of sp³-hybridized carbons (Fsp3) is 0.333. The Kier molecular flexibility index (Phi) is 5.50. The topological polar surface area (TPSA) is 47.0 Å². The Balaban J connectivity index is 2.30. The second kappa shape index (κ2) is 7.36. The fourth-order valence-electron chi connectivity index (χ4n) is 1.86. The first-order valence-corrected chi connectivity index (χ1v) is 7.65. The summed E-state index contributed by atoms with van der Waals surface area (Å²) in [6.45, 7) is 4.88. The third kappa shape index (κ3) is 3.91. The molecule has 1 aromatic carbocycles. The highest BCUT2D eigenvalue weighted by molar-refractivity contribution is 9.10. The number of hydrogen-bond donors (Lipinski definition) is 1. The van der Waals surface area contributed by atoms with Gasteiger partial charge in [0.2, 0.25) is 5.88 Å². The van der Waals surface area contributed by atoms with Gasteiger partial charge in [0.15, 0.2) is 11.6 Å². The Morgan fingerprint density at radius 3 is 2.76 bits per heavy atom. The van der Waals surface area contributed by atoms with E-state index in [9.17, 15) is 4.39 Å². The zero-order chi connectivity index (χ0) is 15.2. The Labute approximate surface area is 131 Å². The molecule has 6 heteroatoms. The number of rotatable bonds is 6. The zero-order valence-corrected chi connectivity index (χ0v) is 13.6. The normalized spacial score (nSPS) is 10.5. The van der Waals surface area contributed by atoms with Gasteiger partial charge in [0, 0.05) is 11.0 Å². The zero-order valence-electron chi connectivity index (χ0n) is 12.0. The Hall–Kier alpha value is -1.69. The first kappa shape index (κ1) is 15.7. The summed E-state index contributed by atoms with van der Waals surface area (Å²) in [6.07, 6.45) is 3.11. The fourth-order valence-corrected chi connectivity index (χ4v) is 2.19. The number of ether oxygens (including phenoxy) is 1. The molecule has 0 unspecified atom stereocenters. The molecule has 0 radical (unpaired) electrons. The van der Waals surface area contributed by atoms with E-state index in [0.29, 0.717) is 16.8 Å². The molecule has 0 spiro atoms. The van der Waals surface area contributed by atoms with E-state index >= 15 is 0 Å². The maximum atomic E-state index is 13.9. The third-order valence-electron chi connectivity index (χ3n) is 2.90. The number of hydrogen-bond acceptors (Lipinski definition) is 4. The lowest BCUT2D eigenvalue weighted by molar-refractivity contribution is 0.422. The van der Waals surface area contributed by atoms with E-state index < -0.39 is 5.82 Å². The molecule has 0 bridgehead atoms. The summed E-state index contributed by atoms with van der Waals surface area (Å²) in [5, 5.41) is 3.23. The van der Waals surface area contributed by atoms with Crippen LogP contribution >= 0.6 is 15.9 Å². The molecule has 0 aliphatic heterocycles. The minimum absolute atomic E-state index is 0.146. The van der Waals surface area contributed by atoms with Crippen molar-refractivity contribution in [1.29, 1.82) is 0 Å². The van der Waals surface area contributed by atoms with Gasteiger partial charge in [-0.2, -0.15) is 0 Å². The van der Waals surface area contributed by atoms with Gasteiger partial charge in [0.25, 0.3) is 0 Å². The van der Waals surface area contributed by atoms with Crippen molar-refractivity contribution in [2.24, 2.45) is 0 Å². The van der Waals surface area contributed by atoms with E-state index in [0.717, 1.165) is 24.3 Å². The standard InChI is InChI=1S/C15H17BrFN3O/c1-3-7-18-14-11(4-2)15(20-9-19-14)21-13-6-5-10(16)8-12(13)17/h5-6,8-9H,3-4,7H2,1-2H3,(H,18,19,20). The molecule has 2 rings (SSSR count). The molecule has 0 fully saturated rings. The average molecular weight is 354 g/mol. The van der Waals surface area contributed by atoms with E-state index in [2.05, 4.69) is 38.1 Å². The van der Waals surface area contributed by atoms with Crippen LogP contribution in [0.4, 0.5) is 10.2 Å². The lowest BCUT2D eigenvalue weighted by Gasteiger charge is -2.13. The Morgan fingerprint density at radius 1 is 1.29 bits per heavy atom. The summed E-state index contributed by atoms with van der Waals surface area (Å²) in [4.78, 5) is 8.35. The van der Waals surface area contributed by atoms with Gasteiger partial charge in [-0.3, -0.25) is 0 Å². The number of aromatic nitrogens is 2. The van der Waals surface area contributed by atoms with E-state index in [1.54, 1.807) is 12.1 Å². The van der Waals surface area contributed by atoms with Gasteiger partial charge in [-0.1, -0.05) is 29.8 Å². The van der Waals surface area contributed by atoms with Crippen LogP contribution in [0.5, 0.6) is 11.6 Å². The van der Waals surface area contributed by atoms with Crippen LogP contribution in [0.1, 0.15) is 25.8 Å². The molecule has 0 amide bonds. The van der Waals surface area contributed by atoms with Crippen LogP contribution in [0, 0.1) is 5.82 Å². The highest BCUT2D eigenvalue weighted by Crippen LogP contribution is 2.30. The van der Waals surface area contributed by atoms with Crippen molar-refractivity contribution in [3.05, 3.63) is 40.4 Å². The van der Waals surface area contributed by atoms with Crippen molar-refractivity contribution in [2.75, 3.05) is 11.9 Å². The second-order valence-electron chi connectivity index (χ2n) is 4.46. The van der Waals surface area contributed by atoms with Crippen LogP contribution in [0.15, 0.2) is 29.0 Å². The number of anilines is 1. The quantitative estimate of drug-likeness (QED) is 0.827. The SMILES string of the molecule is CCCNc1ncnc(Oc2ccc(Br)cc2F)c1CC. The molecule has 2 aromatic rings. The van der Waals surface area contributed by atoms with Crippen LogP contribution < -0.4 is 10.1 Å². The molecular formula is C15H17BrFN3O. The molecule has 0 aliphatic rings. The van der Waals surface area contributed by atoms with Gasteiger partial charge in [-0.05, 0) is 31.0 Å².